The number of rotatable bonds is 3. The zero-order valence-electron chi connectivity index (χ0n) is 12.9. The second-order valence-electron chi connectivity index (χ2n) is 7.22. The zero-order chi connectivity index (χ0) is 16.4. The molecule has 6 atom stereocenters. The first-order valence-corrected chi connectivity index (χ1v) is 8.36. The van der Waals surface area contributed by atoms with Gasteiger partial charge in [0.25, 0.3) is 0 Å². The van der Waals surface area contributed by atoms with Crippen LogP contribution < -0.4 is 4.90 Å². The summed E-state index contributed by atoms with van der Waals surface area (Å²) in [5.74, 6) is 1.30. The predicted molar refractivity (Wildman–Crippen MR) is 86.5 cm³/mol. The van der Waals surface area contributed by atoms with E-state index in [4.69, 9.17) is 5.53 Å². The van der Waals surface area contributed by atoms with Crippen molar-refractivity contribution in [1.82, 2.24) is 0 Å². The van der Waals surface area contributed by atoms with Crippen LogP contribution in [0.4, 0.5) is 5.69 Å². The van der Waals surface area contributed by atoms with Gasteiger partial charge in [-0.1, -0.05) is 29.4 Å². The van der Waals surface area contributed by atoms with Crippen molar-refractivity contribution in [2.24, 2.45) is 40.6 Å². The number of hydrogen-bond donors (Lipinski definition) is 0. The molecule has 1 saturated heterocycles. The van der Waals surface area contributed by atoms with Gasteiger partial charge in [-0.3, -0.25) is 14.5 Å². The molecule has 4 aliphatic carbocycles. The van der Waals surface area contributed by atoms with Crippen LogP contribution in [0.5, 0.6) is 0 Å². The summed E-state index contributed by atoms with van der Waals surface area (Å²) in [6, 6.07) is 7.14. The summed E-state index contributed by atoms with van der Waals surface area (Å²) in [5.41, 5.74) is 9.86. The van der Waals surface area contributed by atoms with Crippen LogP contribution in [-0.4, -0.2) is 11.8 Å². The minimum absolute atomic E-state index is 0.0440. The van der Waals surface area contributed by atoms with E-state index in [0.29, 0.717) is 17.5 Å². The van der Waals surface area contributed by atoms with Crippen molar-refractivity contribution in [1.29, 1.82) is 0 Å². The van der Waals surface area contributed by atoms with E-state index in [9.17, 15) is 9.59 Å². The molecule has 6 heteroatoms. The Balaban J connectivity index is 1.47. The van der Waals surface area contributed by atoms with Gasteiger partial charge in [-0.15, -0.1) is 0 Å². The van der Waals surface area contributed by atoms with E-state index in [1.54, 1.807) is 24.3 Å². The number of carbonyl (C=O) groups is 2. The summed E-state index contributed by atoms with van der Waals surface area (Å²) in [7, 11) is 0. The molecule has 1 aliphatic heterocycles. The SMILES string of the molecule is [N-]=[N+]=NCc1ccc(N2C(=O)[C@@H]3[C@@H]4C=C[C@@H]([C@H]5C[C@@H]45)[C@@H]3C2=O)cc1. The van der Waals surface area contributed by atoms with Crippen molar-refractivity contribution in [3.63, 3.8) is 0 Å². The Morgan fingerprint density at radius 1 is 1.04 bits per heavy atom. The van der Waals surface area contributed by atoms with Gasteiger partial charge >= 0.3 is 0 Å². The molecule has 1 heterocycles. The summed E-state index contributed by atoms with van der Waals surface area (Å²) in [6.45, 7) is 0.265. The molecule has 1 aromatic rings. The lowest BCUT2D eigenvalue weighted by Gasteiger charge is -2.37. The zero-order valence-corrected chi connectivity index (χ0v) is 12.9. The smallest absolute Gasteiger partial charge is 0.238 e. The lowest BCUT2D eigenvalue weighted by molar-refractivity contribution is -0.124. The number of amides is 2. The standard InChI is InChI=1S/C18H16N4O2/c19-21-20-8-9-1-3-10(4-2-9)22-17(23)15-11-5-6-12(14-7-13(11)14)16(15)18(22)24/h1-6,11-16H,7-8H2/t11-,12+,13+,14-,15-,16+. The van der Waals surface area contributed by atoms with Crippen LogP contribution in [0.25, 0.3) is 10.4 Å². The van der Waals surface area contributed by atoms with E-state index < -0.39 is 0 Å². The highest BCUT2D eigenvalue weighted by molar-refractivity contribution is 6.22. The molecule has 0 unspecified atom stereocenters. The average molecular weight is 320 g/mol. The fraction of sp³-hybridized carbons (Fsp3) is 0.444. The molecule has 2 saturated carbocycles. The van der Waals surface area contributed by atoms with Crippen molar-refractivity contribution >= 4 is 17.5 Å². The van der Waals surface area contributed by atoms with E-state index in [0.717, 1.165) is 5.56 Å². The molecule has 0 aromatic heterocycles. The monoisotopic (exact) mass is 320 g/mol. The van der Waals surface area contributed by atoms with E-state index >= 15 is 0 Å². The lowest BCUT2D eigenvalue weighted by atomic mass is 9.63. The molecule has 6 rings (SSSR count). The number of imide groups is 1. The Morgan fingerprint density at radius 3 is 2.17 bits per heavy atom. The average Bonchev–Trinajstić information content (AvgIpc) is 3.38. The van der Waals surface area contributed by atoms with Crippen LogP contribution in [0.15, 0.2) is 41.5 Å². The molecule has 6 nitrogen and oxygen atoms in total. The third-order valence-electron chi connectivity index (χ3n) is 6.17. The Labute approximate surface area is 138 Å². The first kappa shape index (κ1) is 13.8. The van der Waals surface area contributed by atoms with Gasteiger partial charge in [0.1, 0.15) is 0 Å². The van der Waals surface area contributed by atoms with Crippen LogP contribution in [-0.2, 0) is 16.1 Å². The van der Waals surface area contributed by atoms with Gasteiger partial charge in [-0.25, -0.2) is 0 Å². The van der Waals surface area contributed by atoms with Gasteiger partial charge in [0.15, 0.2) is 0 Å². The van der Waals surface area contributed by atoms with E-state index in [1.807, 2.05) is 0 Å². The maximum atomic E-state index is 13.0. The van der Waals surface area contributed by atoms with Crippen molar-refractivity contribution in [3.8, 4) is 0 Å². The number of carbonyl (C=O) groups excluding carboxylic acids is 2. The second kappa shape index (κ2) is 4.71. The minimum atomic E-state index is -0.167. The molecule has 120 valence electrons. The number of allylic oxidation sites excluding steroid dienone is 2. The van der Waals surface area contributed by atoms with Gasteiger partial charge < -0.3 is 0 Å². The van der Waals surface area contributed by atoms with Crippen LogP contribution >= 0.6 is 0 Å². The molecule has 0 N–H and O–H groups in total. The molecule has 5 aliphatic rings. The third-order valence-corrected chi connectivity index (χ3v) is 6.17. The number of hydrogen-bond acceptors (Lipinski definition) is 3. The highest BCUT2D eigenvalue weighted by Crippen LogP contribution is 2.65. The summed E-state index contributed by atoms with van der Waals surface area (Å²) >= 11 is 0. The summed E-state index contributed by atoms with van der Waals surface area (Å²) in [4.78, 5) is 30.0. The maximum absolute atomic E-state index is 13.0. The second-order valence-corrected chi connectivity index (χ2v) is 7.22. The minimum Gasteiger partial charge on any atom is -0.274 e. The van der Waals surface area contributed by atoms with Crippen molar-refractivity contribution in [2.45, 2.75) is 13.0 Å². The van der Waals surface area contributed by atoms with Gasteiger partial charge in [0.2, 0.25) is 11.8 Å². The molecule has 24 heavy (non-hydrogen) atoms. The number of anilines is 1. The number of azide groups is 1. The van der Waals surface area contributed by atoms with Gasteiger partial charge in [-0.05, 0) is 53.3 Å². The van der Waals surface area contributed by atoms with Gasteiger partial charge in [0.05, 0.1) is 24.1 Å². The normalized spacial score (nSPS) is 37.9. The van der Waals surface area contributed by atoms with E-state index in [2.05, 4.69) is 22.2 Å². The van der Waals surface area contributed by atoms with Crippen molar-refractivity contribution in [3.05, 3.63) is 52.4 Å². The third kappa shape index (κ3) is 1.69. The summed E-state index contributed by atoms with van der Waals surface area (Å²) in [6.07, 6.45) is 5.53. The Hall–Kier alpha value is -2.59. The summed E-state index contributed by atoms with van der Waals surface area (Å²) < 4.78 is 0. The lowest BCUT2D eigenvalue weighted by Crippen LogP contribution is -2.40. The molecular formula is C18H16N4O2. The first-order valence-electron chi connectivity index (χ1n) is 8.36. The topological polar surface area (TPSA) is 86.1 Å². The van der Waals surface area contributed by atoms with Gasteiger partial charge in [-0.2, -0.15) is 0 Å². The number of benzene rings is 1. The molecule has 3 fully saturated rings. The molecule has 2 bridgehead atoms. The molecular weight excluding hydrogens is 304 g/mol. The molecule has 0 spiro atoms. The predicted octanol–water partition coefficient (Wildman–Crippen LogP) is 3.05. The van der Waals surface area contributed by atoms with Crippen LogP contribution in [0.1, 0.15) is 12.0 Å². The number of nitrogens with zero attached hydrogens (tertiary/aromatic N) is 4. The summed E-state index contributed by atoms with van der Waals surface area (Å²) in [5, 5.41) is 3.52. The van der Waals surface area contributed by atoms with Crippen molar-refractivity contribution < 1.29 is 9.59 Å². The Kier molecular flexibility index (Phi) is 2.71. The first-order chi connectivity index (χ1) is 11.7. The highest BCUT2D eigenvalue weighted by Gasteiger charge is 2.67. The van der Waals surface area contributed by atoms with E-state index in [1.165, 1.54) is 11.3 Å². The maximum Gasteiger partial charge on any atom is 0.238 e. The fourth-order valence-electron chi connectivity index (χ4n) is 5.08. The molecule has 1 aromatic carbocycles. The van der Waals surface area contributed by atoms with Crippen LogP contribution in [0.2, 0.25) is 0 Å². The molecule has 2 amide bonds. The fourth-order valence-corrected chi connectivity index (χ4v) is 5.08. The highest BCUT2D eigenvalue weighted by atomic mass is 16.2. The largest absolute Gasteiger partial charge is 0.274 e. The quantitative estimate of drug-likeness (QED) is 0.282. The van der Waals surface area contributed by atoms with Crippen LogP contribution in [0.3, 0.4) is 0 Å². The Bertz CT molecular complexity index is 788. The Morgan fingerprint density at radius 2 is 1.62 bits per heavy atom. The molecule has 0 radical (unpaired) electrons. The van der Waals surface area contributed by atoms with Gasteiger partial charge in [0, 0.05) is 4.91 Å². The van der Waals surface area contributed by atoms with Crippen LogP contribution in [0, 0.1) is 35.5 Å². The van der Waals surface area contributed by atoms with Crippen molar-refractivity contribution in [2.75, 3.05) is 4.90 Å². The van der Waals surface area contributed by atoms with E-state index in [-0.39, 0.29) is 42.0 Å².